The molecule has 2 atom stereocenters. The number of rotatable bonds is 4. The van der Waals surface area contributed by atoms with E-state index in [1.807, 2.05) is 6.07 Å². The Morgan fingerprint density at radius 3 is 2.81 bits per heavy atom. The first-order valence-electron chi connectivity index (χ1n) is 9.51. The predicted molar refractivity (Wildman–Crippen MR) is 108 cm³/mol. The summed E-state index contributed by atoms with van der Waals surface area (Å²) < 4.78 is 0. The van der Waals surface area contributed by atoms with Gasteiger partial charge in [-0.15, -0.1) is 11.3 Å². The quantitative estimate of drug-likeness (QED) is 0.868. The summed E-state index contributed by atoms with van der Waals surface area (Å²) in [5.74, 6) is 0.694. The number of pyridine rings is 1. The van der Waals surface area contributed by atoms with Crippen LogP contribution < -0.4 is 0 Å². The number of aliphatic hydroxyl groups excluding tert-OH is 1. The Hall–Kier alpha value is -1.46. The number of thiophene rings is 1. The molecule has 0 saturated heterocycles. The van der Waals surface area contributed by atoms with Gasteiger partial charge in [0.1, 0.15) is 4.83 Å². The Bertz CT molecular complexity index is 804. The summed E-state index contributed by atoms with van der Waals surface area (Å²) in [5.41, 5.74) is 2.87. The van der Waals surface area contributed by atoms with Crippen molar-refractivity contribution in [1.82, 2.24) is 9.88 Å². The van der Waals surface area contributed by atoms with Crippen LogP contribution in [0.1, 0.15) is 61.5 Å². The van der Waals surface area contributed by atoms with E-state index in [9.17, 15) is 9.90 Å². The molecule has 1 aliphatic carbocycles. The van der Waals surface area contributed by atoms with Crippen LogP contribution in [0.3, 0.4) is 0 Å². The maximum absolute atomic E-state index is 12.7. The number of amides is 1. The minimum absolute atomic E-state index is 0.0131. The SMILES string of the molecule is C[C@@H](O)CCN(C)C(=O)c1cc2cc3c(nc2s1)CCC(C(C)(C)C)C3. The number of aryl methyl sites for hydroxylation is 1. The van der Waals surface area contributed by atoms with Crippen molar-refractivity contribution in [3.05, 3.63) is 28.3 Å². The molecule has 26 heavy (non-hydrogen) atoms. The van der Waals surface area contributed by atoms with Gasteiger partial charge < -0.3 is 10.0 Å². The van der Waals surface area contributed by atoms with Crippen molar-refractivity contribution in [2.45, 2.75) is 59.5 Å². The number of aromatic nitrogens is 1. The number of carbonyl (C=O) groups is 1. The third kappa shape index (κ3) is 4.09. The third-order valence-electron chi connectivity index (χ3n) is 5.54. The van der Waals surface area contributed by atoms with Crippen molar-refractivity contribution >= 4 is 27.5 Å². The molecule has 0 aliphatic heterocycles. The molecule has 0 spiro atoms. The number of fused-ring (bicyclic) bond motifs is 2. The van der Waals surface area contributed by atoms with Gasteiger partial charge in [-0.1, -0.05) is 20.8 Å². The lowest BCUT2D eigenvalue weighted by Gasteiger charge is -2.34. The molecule has 1 amide bonds. The van der Waals surface area contributed by atoms with Gasteiger partial charge in [-0.3, -0.25) is 4.79 Å². The molecule has 1 unspecified atom stereocenters. The lowest BCUT2D eigenvalue weighted by molar-refractivity contribution is 0.0773. The number of hydrogen-bond acceptors (Lipinski definition) is 4. The van der Waals surface area contributed by atoms with Gasteiger partial charge in [0.05, 0.1) is 11.0 Å². The Balaban J connectivity index is 1.83. The lowest BCUT2D eigenvalue weighted by Crippen LogP contribution is -2.28. The van der Waals surface area contributed by atoms with Crippen LogP contribution in [0.5, 0.6) is 0 Å². The van der Waals surface area contributed by atoms with Crippen LogP contribution in [0.4, 0.5) is 0 Å². The highest BCUT2D eigenvalue weighted by atomic mass is 32.1. The lowest BCUT2D eigenvalue weighted by atomic mass is 9.71. The Labute approximate surface area is 160 Å². The molecule has 2 aromatic rings. The second-order valence-electron chi connectivity index (χ2n) is 8.77. The number of hydrogen-bond donors (Lipinski definition) is 1. The standard InChI is InChI=1S/C21H30N2O2S/c1-13(24)8-9-23(5)20(25)18-12-15-10-14-11-16(21(2,3)4)6-7-17(14)22-19(15)26-18/h10,12-13,16,24H,6-9,11H2,1-5H3/t13-,16?/m1/s1. The van der Waals surface area contributed by atoms with E-state index in [0.717, 1.165) is 27.9 Å². The topological polar surface area (TPSA) is 53.4 Å². The van der Waals surface area contributed by atoms with E-state index >= 15 is 0 Å². The third-order valence-corrected chi connectivity index (χ3v) is 6.57. The van der Waals surface area contributed by atoms with Crippen LogP contribution in [0, 0.1) is 11.3 Å². The van der Waals surface area contributed by atoms with E-state index in [1.54, 1.807) is 18.9 Å². The minimum Gasteiger partial charge on any atom is -0.393 e. The maximum Gasteiger partial charge on any atom is 0.263 e. The van der Waals surface area contributed by atoms with Crippen molar-refractivity contribution in [1.29, 1.82) is 0 Å². The van der Waals surface area contributed by atoms with Gasteiger partial charge in [-0.2, -0.15) is 0 Å². The Kier molecular flexibility index (Phi) is 5.40. The van der Waals surface area contributed by atoms with Crippen LogP contribution in [0.15, 0.2) is 12.1 Å². The molecule has 2 aromatic heterocycles. The average Bonchev–Trinajstić information content (AvgIpc) is 2.98. The van der Waals surface area contributed by atoms with E-state index in [4.69, 9.17) is 4.98 Å². The predicted octanol–water partition coefficient (Wildman–Crippen LogP) is 4.29. The second kappa shape index (κ2) is 7.28. The first-order chi connectivity index (χ1) is 12.1. The monoisotopic (exact) mass is 374 g/mol. The summed E-state index contributed by atoms with van der Waals surface area (Å²) in [5, 5.41) is 10.5. The molecule has 0 fully saturated rings. The van der Waals surface area contributed by atoms with Gasteiger partial charge in [0.25, 0.3) is 5.91 Å². The van der Waals surface area contributed by atoms with Crippen molar-refractivity contribution in [3.8, 4) is 0 Å². The zero-order valence-corrected chi connectivity index (χ0v) is 17.3. The van der Waals surface area contributed by atoms with Gasteiger partial charge in [0.2, 0.25) is 0 Å². The average molecular weight is 375 g/mol. The zero-order chi connectivity index (χ0) is 19.1. The molecule has 0 radical (unpaired) electrons. The Morgan fingerprint density at radius 2 is 2.15 bits per heavy atom. The molecule has 2 heterocycles. The first kappa shape index (κ1) is 19.3. The largest absolute Gasteiger partial charge is 0.393 e. The summed E-state index contributed by atoms with van der Waals surface area (Å²) in [6.45, 7) is 9.26. The number of carbonyl (C=O) groups excluding carboxylic acids is 1. The fourth-order valence-corrected chi connectivity index (χ4v) is 4.67. The molecule has 1 N–H and O–H groups in total. The molecular formula is C21H30N2O2S. The highest BCUT2D eigenvalue weighted by Gasteiger charge is 2.29. The normalized spacial score (nSPS) is 18.6. The van der Waals surface area contributed by atoms with Crippen LogP contribution in [-0.2, 0) is 12.8 Å². The fraction of sp³-hybridized carbons (Fsp3) is 0.619. The molecule has 5 heteroatoms. The summed E-state index contributed by atoms with van der Waals surface area (Å²) >= 11 is 1.48. The van der Waals surface area contributed by atoms with Crippen molar-refractivity contribution in [3.63, 3.8) is 0 Å². The molecule has 142 valence electrons. The van der Waals surface area contributed by atoms with Crippen molar-refractivity contribution < 1.29 is 9.90 Å². The van der Waals surface area contributed by atoms with Gasteiger partial charge in [-0.25, -0.2) is 4.98 Å². The van der Waals surface area contributed by atoms with Crippen LogP contribution in [0.2, 0.25) is 0 Å². The van der Waals surface area contributed by atoms with Gasteiger partial charge in [0, 0.05) is 24.7 Å². The number of nitrogens with zero attached hydrogens (tertiary/aromatic N) is 2. The molecular weight excluding hydrogens is 344 g/mol. The minimum atomic E-state index is -0.392. The van der Waals surface area contributed by atoms with Gasteiger partial charge in [0.15, 0.2) is 0 Å². The van der Waals surface area contributed by atoms with Crippen LogP contribution >= 0.6 is 11.3 Å². The summed E-state index contributed by atoms with van der Waals surface area (Å²) in [7, 11) is 1.79. The molecule has 0 saturated carbocycles. The number of aliphatic hydroxyl groups is 1. The van der Waals surface area contributed by atoms with Gasteiger partial charge >= 0.3 is 0 Å². The maximum atomic E-state index is 12.7. The van der Waals surface area contributed by atoms with Crippen molar-refractivity contribution in [2.75, 3.05) is 13.6 Å². The summed E-state index contributed by atoms with van der Waals surface area (Å²) in [6, 6.07) is 4.23. The zero-order valence-electron chi connectivity index (χ0n) is 16.5. The molecule has 4 nitrogen and oxygen atoms in total. The van der Waals surface area contributed by atoms with E-state index in [0.29, 0.717) is 24.3 Å². The van der Waals surface area contributed by atoms with Crippen molar-refractivity contribution in [2.24, 2.45) is 11.3 Å². The highest BCUT2D eigenvalue weighted by Crippen LogP contribution is 2.38. The summed E-state index contributed by atoms with van der Waals surface area (Å²) in [4.78, 5) is 20.9. The van der Waals surface area contributed by atoms with E-state index < -0.39 is 6.10 Å². The highest BCUT2D eigenvalue weighted by molar-refractivity contribution is 7.20. The Morgan fingerprint density at radius 1 is 1.42 bits per heavy atom. The molecule has 0 bridgehead atoms. The molecule has 3 rings (SSSR count). The summed E-state index contributed by atoms with van der Waals surface area (Å²) in [6.07, 6.45) is 3.50. The second-order valence-corrected chi connectivity index (χ2v) is 9.80. The first-order valence-corrected chi connectivity index (χ1v) is 10.3. The molecule has 1 aliphatic rings. The van der Waals surface area contributed by atoms with Crippen LogP contribution in [0.25, 0.3) is 10.2 Å². The van der Waals surface area contributed by atoms with Gasteiger partial charge in [-0.05, 0) is 61.6 Å². The van der Waals surface area contributed by atoms with E-state index in [1.165, 1.54) is 29.0 Å². The van der Waals surface area contributed by atoms with E-state index in [-0.39, 0.29) is 5.91 Å². The smallest absolute Gasteiger partial charge is 0.263 e. The van der Waals surface area contributed by atoms with E-state index in [2.05, 4.69) is 26.8 Å². The molecule has 0 aromatic carbocycles. The fourth-order valence-electron chi connectivity index (χ4n) is 3.64. The van der Waals surface area contributed by atoms with Crippen LogP contribution in [-0.4, -0.2) is 40.6 Å².